The van der Waals surface area contributed by atoms with Crippen LogP contribution in [0.3, 0.4) is 0 Å². The SMILES string of the molecule is C=C/C(C)=C\C(=C/C)C(C)CC(C)(CCC)CC(C)CCCC. The Labute approximate surface area is 147 Å². The molecule has 0 saturated carbocycles. The summed E-state index contributed by atoms with van der Waals surface area (Å²) in [6, 6.07) is 0. The van der Waals surface area contributed by atoms with E-state index < -0.39 is 0 Å². The molecule has 0 radical (unpaired) electrons. The first kappa shape index (κ1) is 22.2. The highest BCUT2D eigenvalue weighted by molar-refractivity contribution is 5.29. The Morgan fingerprint density at radius 3 is 2.26 bits per heavy atom. The molecule has 134 valence electrons. The van der Waals surface area contributed by atoms with Crippen LogP contribution in [0.4, 0.5) is 0 Å². The van der Waals surface area contributed by atoms with Gasteiger partial charge in [0.2, 0.25) is 0 Å². The van der Waals surface area contributed by atoms with Gasteiger partial charge >= 0.3 is 0 Å². The van der Waals surface area contributed by atoms with Crippen LogP contribution in [0, 0.1) is 17.3 Å². The normalized spacial score (nSPS) is 18.4. The van der Waals surface area contributed by atoms with Gasteiger partial charge in [0.05, 0.1) is 0 Å². The predicted octanol–water partition coefficient (Wildman–Crippen LogP) is 8.11. The van der Waals surface area contributed by atoms with Crippen LogP contribution >= 0.6 is 0 Å². The topological polar surface area (TPSA) is 0 Å². The van der Waals surface area contributed by atoms with E-state index in [1.54, 1.807) is 0 Å². The Hall–Kier alpha value is -0.780. The largest absolute Gasteiger partial charge is 0.0988 e. The maximum atomic E-state index is 3.88. The zero-order valence-electron chi connectivity index (χ0n) is 17.0. The van der Waals surface area contributed by atoms with Gasteiger partial charge in [-0.3, -0.25) is 0 Å². The van der Waals surface area contributed by atoms with Crippen LogP contribution in [0.1, 0.15) is 93.4 Å². The molecule has 0 aliphatic rings. The first-order chi connectivity index (χ1) is 10.8. The van der Waals surface area contributed by atoms with Crippen LogP contribution in [0.2, 0.25) is 0 Å². The van der Waals surface area contributed by atoms with E-state index in [-0.39, 0.29) is 0 Å². The molecule has 0 N–H and O–H groups in total. The highest BCUT2D eigenvalue weighted by atomic mass is 14.3. The van der Waals surface area contributed by atoms with E-state index in [2.05, 4.69) is 67.2 Å². The summed E-state index contributed by atoms with van der Waals surface area (Å²) in [5.41, 5.74) is 3.19. The van der Waals surface area contributed by atoms with Gasteiger partial charge in [0.25, 0.3) is 0 Å². The Morgan fingerprint density at radius 1 is 1.13 bits per heavy atom. The molecular weight excluding hydrogens is 276 g/mol. The molecular formula is C23H42. The summed E-state index contributed by atoms with van der Waals surface area (Å²) in [4.78, 5) is 0. The number of allylic oxidation sites excluding steroid dienone is 5. The van der Waals surface area contributed by atoms with Crippen molar-refractivity contribution in [1.82, 2.24) is 0 Å². The molecule has 0 saturated heterocycles. The van der Waals surface area contributed by atoms with Crippen molar-refractivity contribution >= 4 is 0 Å². The van der Waals surface area contributed by atoms with E-state index in [0.717, 1.165) is 5.92 Å². The molecule has 0 aromatic carbocycles. The molecule has 0 aliphatic heterocycles. The van der Waals surface area contributed by atoms with Crippen LogP contribution in [-0.2, 0) is 0 Å². The van der Waals surface area contributed by atoms with E-state index in [1.165, 1.54) is 56.1 Å². The molecule has 0 aromatic heterocycles. The van der Waals surface area contributed by atoms with Crippen molar-refractivity contribution in [2.75, 3.05) is 0 Å². The second-order valence-electron chi connectivity index (χ2n) is 8.00. The highest BCUT2D eigenvalue weighted by Gasteiger charge is 2.28. The van der Waals surface area contributed by atoms with Crippen LogP contribution in [0.5, 0.6) is 0 Å². The van der Waals surface area contributed by atoms with Crippen LogP contribution < -0.4 is 0 Å². The molecule has 0 heterocycles. The average Bonchev–Trinajstić information content (AvgIpc) is 2.49. The van der Waals surface area contributed by atoms with E-state index in [9.17, 15) is 0 Å². The minimum Gasteiger partial charge on any atom is -0.0988 e. The molecule has 0 amide bonds. The quantitative estimate of drug-likeness (QED) is 0.319. The highest BCUT2D eigenvalue weighted by Crippen LogP contribution is 2.40. The Balaban J connectivity index is 4.98. The van der Waals surface area contributed by atoms with Crippen molar-refractivity contribution in [1.29, 1.82) is 0 Å². The zero-order valence-corrected chi connectivity index (χ0v) is 17.0. The fourth-order valence-corrected chi connectivity index (χ4v) is 4.08. The minimum atomic E-state index is 0.464. The summed E-state index contributed by atoms with van der Waals surface area (Å²) in [5.74, 6) is 1.46. The molecule has 0 bridgehead atoms. The van der Waals surface area contributed by atoms with Gasteiger partial charge in [0.15, 0.2) is 0 Å². The molecule has 0 aromatic rings. The monoisotopic (exact) mass is 318 g/mol. The number of unbranched alkanes of at least 4 members (excludes halogenated alkanes) is 1. The van der Waals surface area contributed by atoms with E-state index in [4.69, 9.17) is 0 Å². The fourth-order valence-electron chi connectivity index (χ4n) is 4.08. The lowest BCUT2D eigenvalue weighted by Crippen LogP contribution is -2.23. The maximum Gasteiger partial charge on any atom is -0.0188 e. The zero-order chi connectivity index (χ0) is 17.9. The summed E-state index contributed by atoms with van der Waals surface area (Å²) >= 11 is 0. The van der Waals surface area contributed by atoms with Gasteiger partial charge in [-0.1, -0.05) is 90.7 Å². The lowest BCUT2D eigenvalue weighted by atomic mass is 9.70. The third kappa shape index (κ3) is 9.18. The summed E-state index contributed by atoms with van der Waals surface area (Å²) < 4.78 is 0. The van der Waals surface area contributed by atoms with Gasteiger partial charge in [-0.25, -0.2) is 0 Å². The molecule has 0 heteroatoms. The molecule has 3 unspecified atom stereocenters. The Bertz CT molecular complexity index is 385. The summed E-state index contributed by atoms with van der Waals surface area (Å²) in [6.07, 6.45) is 15.9. The van der Waals surface area contributed by atoms with E-state index in [0.29, 0.717) is 11.3 Å². The molecule has 0 rings (SSSR count). The molecule has 23 heavy (non-hydrogen) atoms. The summed E-state index contributed by atoms with van der Waals surface area (Å²) in [5, 5.41) is 0. The van der Waals surface area contributed by atoms with E-state index >= 15 is 0 Å². The summed E-state index contributed by atoms with van der Waals surface area (Å²) in [6.45, 7) is 20.2. The third-order valence-electron chi connectivity index (χ3n) is 5.16. The number of hydrogen-bond acceptors (Lipinski definition) is 0. The third-order valence-corrected chi connectivity index (χ3v) is 5.16. The van der Waals surface area contributed by atoms with Crippen LogP contribution in [-0.4, -0.2) is 0 Å². The molecule has 0 fully saturated rings. The second kappa shape index (κ2) is 11.7. The molecule has 0 nitrogen and oxygen atoms in total. The minimum absolute atomic E-state index is 0.464. The second-order valence-corrected chi connectivity index (χ2v) is 8.00. The Morgan fingerprint density at radius 2 is 1.78 bits per heavy atom. The van der Waals surface area contributed by atoms with Crippen LogP contribution in [0.15, 0.2) is 36.0 Å². The van der Waals surface area contributed by atoms with Gasteiger partial charge in [-0.2, -0.15) is 0 Å². The first-order valence-corrected chi connectivity index (χ1v) is 9.78. The lowest BCUT2D eigenvalue weighted by Gasteiger charge is -2.35. The standard InChI is InChI=1S/C23H42/c1-9-13-14-20(6)17-23(8,15-10-2)18-21(7)22(12-4)16-19(5)11-3/h11-12,16,20-21H,3,9-10,13-15,17-18H2,1-2,4-8H3/b19-16-,22-12+. The van der Waals surface area contributed by atoms with Crippen molar-refractivity contribution in [3.63, 3.8) is 0 Å². The van der Waals surface area contributed by atoms with Crippen molar-refractivity contribution in [3.05, 3.63) is 36.0 Å². The number of rotatable bonds is 12. The van der Waals surface area contributed by atoms with Crippen molar-refractivity contribution in [3.8, 4) is 0 Å². The lowest BCUT2D eigenvalue weighted by molar-refractivity contribution is 0.182. The van der Waals surface area contributed by atoms with Gasteiger partial charge in [0.1, 0.15) is 0 Å². The maximum absolute atomic E-state index is 3.88. The van der Waals surface area contributed by atoms with Gasteiger partial charge in [0, 0.05) is 0 Å². The van der Waals surface area contributed by atoms with Crippen LogP contribution in [0.25, 0.3) is 0 Å². The number of hydrogen-bond donors (Lipinski definition) is 0. The van der Waals surface area contributed by atoms with Crippen molar-refractivity contribution in [2.45, 2.75) is 93.4 Å². The van der Waals surface area contributed by atoms with Crippen molar-refractivity contribution < 1.29 is 0 Å². The first-order valence-electron chi connectivity index (χ1n) is 9.78. The molecule has 3 atom stereocenters. The van der Waals surface area contributed by atoms with Gasteiger partial charge < -0.3 is 0 Å². The van der Waals surface area contributed by atoms with Crippen molar-refractivity contribution in [2.24, 2.45) is 17.3 Å². The van der Waals surface area contributed by atoms with Gasteiger partial charge in [-0.15, -0.1) is 0 Å². The predicted molar refractivity (Wildman–Crippen MR) is 108 cm³/mol. The van der Waals surface area contributed by atoms with E-state index in [1.807, 2.05) is 6.08 Å². The van der Waals surface area contributed by atoms with Gasteiger partial charge in [-0.05, 0) is 55.9 Å². The smallest absolute Gasteiger partial charge is 0.0188 e. The average molecular weight is 319 g/mol. The molecule has 0 spiro atoms. The fraction of sp³-hybridized carbons (Fsp3) is 0.739. The summed E-state index contributed by atoms with van der Waals surface area (Å²) in [7, 11) is 0. The molecule has 0 aliphatic carbocycles. The Kier molecular flexibility index (Phi) is 11.3.